The van der Waals surface area contributed by atoms with Crippen LogP contribution in [0.3, 0.4) is 0 Å². The highest BCUT2D eigenvalue weighted by atomic mass is 79.9. The average Bonchev–Trinajstić information content (AvgIpc) is 2.92. The molecule has 0 amide bonds. The summed E-state index contributed by atoms with van der Waals surface area (Å²) in [5, 5.41) is 18.8. The van der Waals surface area contributed by atoms with Crippen LogP contribution in [0, 0.1) is 0 Å². The predicted octanol–water partition coefficient (Wildman–Crippen LogP) is 3.12. The highest BCUT2D eigenvalue weighted by molar-refractivity contribution is 8.93. The molecule has 1 atom stereocenters. The number of Topliss-reactive ketones (excluding diaryl/α,β-unsaturated/α-hetero) is 1. The molecule has 1 aliphatic heterocycles. The lowest BCUT2D eigenvalue weighted by Gasteiger charge is -2.26. The molecule has 1 fully saturated rings. The molecule has 0 spiro atoms. The number of benzene rings is 1. The molecule has 1 aromatic carbocycles. The largest absolute Gasteiger partial charge is 0.504 e. The number of hydrogen-bond donors (Lipinski definition) is 2. The summed E-state index contributed by atoms with van der Waals surface area (Å²) in [4.78, 5) is 14.8. The molecule has 0 aromatic heterocycles. The fraction of sp³-hybridized carbons (Fsp3) is 0.533. The van der Waals surface area contributed by atoms with Crippen molar-refractivity contribution in [1.82, 2.24) is 4.90 Å². The van der Waals surface area contributed by atoms with Crippen LogP contribution in [-0.4, -0.2) is 40.0 Å². The van der Waals surface area contributed by atoms with Crippen molar-refractivity contribution in [2.45, 2.75) is 38.6 Å². The highest BCUT2D eigenvalue weighted by Crippen LogP contribution is 2.27. The van der Waals surface area contributed by atoms with Gasteiger partial charge in [-0.05, 0) is 50.6 Å². The Labute approximate surface area is 130 Å². The van der Waals surface area contributed by atoms with Gasteiger partial charge in [0.1, 0.15) is 0 Å². The number of aromatic hydroxyl groups is 2. The van der Waals surface area contributed by atoms with E-state index in [1.165, 1.54) is 12.1 Å². The van der Waals surface area contributed by atoms with Crippen LogP contribution in [-0.2, 0) is 0 Å². The number of rotatable bonds is 5. The smallest absolute Gasteiger partial charge is 0.180 e. The second-order valence-corrected chi connectivity index (χ2v) is 5.12. The van der Waals surface area contributed by atoms with E-state index < -0.39 is 0 Å². The molecule has 4 nitrogen and oxygen atoms in total. The number of nitrogens with zero attached hydrogens (tertiary/aromatic N) is 1. The summed E-state index contributed by atoms with van der Waals surface area (Å²) in [6.45, 7) is 4.02. The normalized spacial score (nSPS) is 16.6. The lowest BCUT2D eigenvalue weighted by molar-refractivity contribution is 0.0836. The summed E-state index contributed by atoms with van der Waals surface area (Å²) < 4.78 is 0. The van der Waals surface area contributed by atoms with Gasteiger partial charge in [-0.3, -0.25) is 9.69 Å². The number of hydrogen-bond acceptors (Lipinski definition) is 4. The molecule has 0 saturated carbocycles. The predicted molar refractivity (Wildman–Crippen MR) is 83.9 cm³/mol. The van der Waals surface area contributed by atoms with Gasteiger partial charge < -0.3 is 10.2 Å². The summed E-state index contributed by atoms with van der Waals surface area (Å²) in [6.07, 6.45) is 4.08. The molecule has 2 rings (SSSR count). The van der Waals surface area contributed by atoms with Crippen molar-refractivity contribution in [3.8, 4) is 11.5 Å². The molecular formula is C15H22BrNO3. The van der Waals surface area contributed by atoms with Gasteiger partial charge in [0.2, 0.25) is 0 Å². The van der Waals surface area contributed by atoms with Crippen LogP contribution < -0.4 is 0 Å². The summed E-state index contributed by atoms with van der Waals surface area (Å²) in [5.41, 5.74) is 0.473. The molecule has 0 radical (unpaired) electrons. The Morgan fingerprint density at radius 3 is 2.45 bits per heavy atom. The van der Waals surface area contributed by atoms with Crippen molar-refractivity contribution < 1.29 is 15.0 Å². The Hall–Kier alpha value is -1.07. The number of phenols is 2. The fourth-order valence-corrected chi connectivity index (χ4v) is 2.68. The second kappa shape index (κ2) is 7.64. The van der Waals surface area contributed by atoms with Crippen molar-refractivity contribution in [3.05, 3.63) is 23.8 Å². The molecule has 2 N–H and O–H groups in total. The van der Waals surface area contributed by atoms with E-state index >= 15 is 0 Å². The van der Waals surface area contributed by atoms with E-state index in [2.05, 4.69) is 11.8 Å². The van der Waals surface area contributed by atoms with Crippen molar-refractivity contribution in [2.24, 2.45) is 0 Å². The van der Waals surface area contributed by atoms with Crippen LogP contribution in [0.25, 0.3) is 0 Å². The van der Waals surface area contributed by atoms with E-state index in [1.807, 2.05) is 0 Å². The lowest BCUT2D eigenvalue weighted by Crippen LogP contribution is -2.39. The number of ketones is 1. The van der Waals surface area contributed by atoms with Crippen LogP contribution >= 0.6 is 17.0 Å². The van der Waals surface area contributed by atoms with Gasteiger partial charge in [0.25, 0.3) is 0 Å². The third-order valence-corrected chi connectivity index (χ3v) is 3.71. The summed E-state index contributed by atoms with van der Waals surface area (Å²) in [5.74, 6) is -0.383. The van der Waals surface area contributed by atoms with Crippen molar-refractivity contribution in [2.75, 3.05) is 13.1 Å². The number of halogens is 1. The summed E-state index contributed by atoms with van der Waals surface area (Å²) >= 11 is 0. The van der Waals surface area contributed by atoms with Crippen molar-refractivity contribution >= 4 is 22.8 Å². The topological polar surface area (TPSA) is 60.8 Å². The molecule has 5 heteroatoms. The molecule has 20 heavy (non-hydrogen) atoms. The standard InChI is InChI=1S/C15H21NO3.BrH/c1-2-5-12(16-8-3-4-9-16)15(19)11-6-7-13(17)14(18)10-11;/h6-7,10,12,17-18H,2-5,8-9H2,1H3;1H. The minimum atomic E-state index is -0.234. The number of likely N-dealkylation sites (tertiary alicyclic amines) is 1. The Bertz CT molecular complexity index is 458. The Kier molecular flexibility index (Phi) is 6.49. The van der Waals surface area contributed by atoms with Gasteiger partial charge in [0.15, 0.2) is 17.3 Å². The molecular weight excluding hydrogens is 322 g/mol. The third kappa shape index (κ3) is 3.73. The van der Waals surface area contributed by atoms with Crippen LogP contribution in [0.15, 0.2) is 18.2 Å². The second-order valence-electron chi connectivity index (χ2n) is 5.12. The molecule has 0 aliphatic carbocycles. The molecule has 1 unspecified atom stereocenters. The minimum absolute atomic E-state index is 0. The first kappa shape index (κ1) is 17.0. The number of carbonyl (C=O) groups excluding carboxylic acids is 1. The maximum Gasteiger partial charge on any atom is 0.180 e. The molecule has 1 aliphatic rings. The third-order valence-electron chi connectivity index (χ3n) is 3.71. The molecule has 0 bridgehead atoms. The molecule has 1 heterocycles. The molecule has 1 aromatic rings. The van der Waals surface area contributed by atoms with Gasteiger partial charge in [0.05, 0.1) is 6.04 Å². The van der Waals surface area contributed by atoms with Gasteiger partial charge in [-0.25, -0.2) is 0 Å². The van der Waals surface area contributed by atoms with E-state index in [0.29, 0.717) is 5.56 Å². The maximum atomic E-state index is 12.6. The van der Waals surface area contributed by atoms with E-state index in [0.717, 1.165) is 38.8 Å². The Morgan fingerprint density at radius 1 is 1.25 bits per heavy atom. The van der Waals surface area contributed by atoms with Crippen LogP contribution in [0.2, 0.25) is 0 Å². The van der Waals surface area contributed by atoms with Gasteiger partial charge in [-0.2, -0.15) is 0 Å². The zero-order valence-corrected chi connectivity index (χ0v) is 13.4. The van der Waals surface area contributed by atoms with Gasteiger partial charge in [-0.15, -0.1) is 17.0 Å². The molecule has 1 saturated heterocycles. The van der Waals surface area contributed by atoms with Gasteiger partial charge in [-0.1, -0.05) is 13.3 Å². The van der Waals surface area contributed by atoms with E-state index in [4.69, 9.17) is 0 Å². The summed E-state index contributed by atoms with van der Waals surface area (Å²) in [6, 6.07) is 4.21. The quantitative estimate of drug-likeness (QED) is 0.636. The number of carbonyl (C=O) groups is 1. The van der Waals surface area contributed by atoms with Gasteiger partial charge >= 0.3 is 0 Å². The van der Waals surface area contributed by atoms with E-state index in [-0.39, 0.29) is 40.3 Å². The van der Waals surface area contributed by atoms with Gasteiger partial charge in [0, 0.05) is 5.56 Å². The van der Waals surface area contributed by atoms with Crippen molar-refractivity contribution in [1.29, 1.82) is 0 Å². The van der Waals surface area contributed by atoms with Crippen molar-refractivity contribution in [3.63, 3.8) is 0 Å². The summed E-state index contributed by atoms with van der Waals surface area (Å²) in [7, 11) is 0. The number of phenolic OH excluding ortho intramolecular Hbond substituents is 2. The Balaban J connectivity index is 0.00000200. The van der Waals surface area contributed by atoms with Crippen LogP contribution in [0.4, 0.5) is 0 Å². The minimum Gasteiger partial charge on any atom is -0.504 e. The van der Waals surface area contributed by atoms with Crippen LogP contribution in [0.5, 0.6) is 11.5 Å². The zero-order valence-electron chi connectivity index (χ0n) is 11.7. The maximum absolute atomic E-state index is 12.6. The molecule has 112 valence electrons. The first-order valence-corrected chi connectivity index (χ1v) is 6.93. The van der Waals surface area contributed by atoms with E-state index in [1.54, 1.807) is 6.07 Å². The monoisotopic (exact) mass is 343 g/mol. The fourth-order valence-electron chi connectivity index (χ4n) is 2.68. The average molecular weight is 344 g/mol. The van der Waals surface area contributed by atoms with Crippen LogP contribution in [0.1, 0.15) is 43.0 Å². The first-order valence-electron chi connectivity index (χ1n) is 6.93. The zero-order chi connectivity index (χ0) is 13.8. The first-order chi connectivity index (χ1) is 9.13. The SMILES string of the molecule is Br.CCCC(C(=O)c1ccc(O)c(O)c1)N1CCCC1. The van der Waals surface area contributed by atoms with E-state index in [9.17, 15) is 15.0 Å². The Morgan fingerprint density at radius 2 is 1.90 bits per heavy atom. The lowest BCUT2D eigenvalue weighted by atomic mass is 9.99. The highest BCUT2D eigenvalue weighted by Gasteiger charge is 2.28.